The van der Waals surface area contributed by atoms with E-state index in [1.165, 1.54) is 24.3 Å². The van der Waals surface area contributed by atoms with Gasteiger partial charge in [-0.2, -0.15) is 4.98 Å². The summed E-state index contributed by atoms with van der Waals surface area (Å²) in [6.45, 7) is 0.375. The Morgan fingerprint density at radius 1 is 0.971 bits per heavy atom. The van der Waals surface area contributed by atoms with Crippen LogP contribution < -0.4 is 15.2 Å². The number of hydrogen-bond acceptors (Lipinski definition) is 7. The summed E-state index contributed by atoms with van der Waals surface area (Å²) in [4.78, 5) is 13.9. The summed E-state index contributed by atoms with van der Waals surface area (Å²) < 4.78 is 42.3. The van der Waals surface area contributed by atoms with E-state index >= 15 is 0 Å². The molecule has 3 N–H and O–H groups in total. The molecule has 2 aromatic carbocycles. The minimum absolute atomic E-state index is 0.0532. The summed E-state index contributed by atoms with van der Waals surface area (Å²) in [6.07, 6.45) is 3.12. The van der Waals surface area contributed by atoms with Crippen molar-refractivity contribution < 1.29 is 17.5 Å². The number of nitrogens with zero attached hydrogens (tertiary/aromatic N) is 3. The zero-order valence-corrected chi connectivity index (χ0v) is 18.9. The number of sulfonamides is 1. The molecule has 2 heterocycles. The van der Waals surface area contributed by atoms with Gasteiger partial charge in [0.25, 0.3) is 0 Å². The van der Waals surface area contributed by atoms with Crippen LogP contribution in [0.1, 0.15) is 24.8 Å². The summed E-state index contributed by atoms with van der Waals surface area (Å²) in [5.74, 6) is 0.455. The number of nitrogens with one attached hydrogen (secondary N) is 1. The van der Waals surface area contributed by atoms with Gasteiger partial charge in [0.2, 0.25) is 21.9 Å². The lowest BCUT2D eigenvalue weighted by molar-refractivity contribution is 0.116. The number of nitrogens with two attached hydrogens (primary N) is 1. The molecule has 0 radical (unpaired) electrons. The van der Waals surface area contributed by atoms with Crippen LogP contribution in [0, 0.1) is 5.82 Å². The average Bonchev–Trinajstić information content (AvgIpc) is 2.80. The van der Waals surface area contributed by atoms with Crippen LogP contribution >= 0.6 is 0 Å². The molecule has 10 heteroatoms. The fourth-order valence-electron chi connectivity index (χ4n) is 3.55. The normalized spacial score (nSPS) is 14.1. The van der Waals surface area contributed by atoms with Gasteiger partial charge in [0.05, 0.1) is 16.1 Å². The molecule has 1 fully saturated rings. The lowest BCUT2D eigenvalue weighted by Crippen LogP contribution is -2.25. The van der Waals surface area contributed by atoms with E-state index in [2.05, 4.69) is 15.3 Å². The molecule has 0 saturated heterocycles. The van der Waals surface area contributed by atoms with E-state index in [9.17, 15) is 12.8 Å². The van der Waals surface area contributed by atoms with Crippen LogP contribution in [0.2, 0.25) is 0 Å². The van der Waals surface area contributed by atoms with Crippen LogP contribution in [-0.4, -0.2) is 29.5 Å². The molecule has 1 aliphatic carbocycles. The summed E-state index contributed by atoms with van der Waals surface area (Å²) in [5, 5.41) is 8.31. The van der Waals surface area contributed by atoms with Gasteiger partial charge < -0.3 is 10.1 Å². The number of pyridine rings is 1. The third kappa shape index (κ3) is 4.82. The van der Waals surface area contributed by atoms with Gasteiger partial charge in [-0.3, -0.25) is 0 Å². The molecule has 174 valence electrons. The van der Waals surface area contributed by atoms with Gasteiger partial charge in [-0.05, 0) is 73.4 Å². The summed E-state index contributed by atoms with van der Waals surface area (Å²) in [5.41, 5.74) is 3.44. The Morgan fingerprint density at radius 2 is 1.71 bits per heavy atom. The number of fused-ring (bicyclic) bond motifs is 1. The molecule has 1 aliphatic rings. The molecule has 0 unspecified atom stereocenters. The van der Waals surface area contributed by atoms with Crippen LogP contribution in [0.4, 0.5) is 10.3 Å². The van der Waals surface area contributed by atoms with Gasteiger partial charge in [-0.25, -0.2) is 27.9 Å². The molecule has 0 bridgehead atoms. The predicted molar refractivity (Wildman–Crippen MR) is 126 cm³/mol. The van der Waals surface area contributed by atoms with Crippen LogP contribution in [0.5, 0.6) is 5.88 Å². The predicted octanol–water partition coefficient (Wildman–Crippen LogP) is 4.02. The Balaban J connectivity index is 1.44. The third-order valence-electron chi connectivity index (χ3n) is 5.68. The minimum atomic E-state index is -3.74. The quantitative estimate of drug-likeness (QED) is 0.411. The van der Waals surface area contributed by atoms with E-state index in [0.29, 0.717) is 35.1 Å². The topological polar surface area (TPSA) is 120 Å². The van der Waals surface area contributed by atoms with E-state index in [0.717, 1.165) is 30.4 Å². The molecule has 5 rings (SSSR count). The monoisotopic (exact) mass is 479 g/mol. The van der Waals surface area contributed by atoms with Crippen molar-refractivity contribution in [1.82, 2.24) is 15.0 Å². The molecule has 8 nitrogen and oxygen atoms in total. The highest BCUT2D eigenvalue weighted by Gasteiger charge is 2.22. The van der Waals surface area contributed by atoms with E-state index < -0.39 is 10.0 Å². The summed E-state index contributed by atoms with van der Waals surface area (Å²) >= 11 is 0. The van der Waals surface area contributed by atoms with Crippen molar-refractivity contribution in [3.8, 4) is 17.1 Å². The van der Waals surface area contributed by atoms with Gasteiger partial charge in [-0.1, -0.05) is 12.1 Å². The zero-order chi connectivity index (χ0) is 23.7. The maximum atomic E-state index is 13.3. The first-order chi connectivity index (χ1) is 16.3. The van der Waals surface area contributed by atoms with Crippen molar-refractivity contribution in [2.45, 2.75) is 36.8 Å². The minimum Gasteiger partial charge on any atom is -0.473 e. The molecule has 0 amide bonds. The van der Waals surface area contributed by atoms with Crippen molar-refractivity contribution in [2.24, 2.45) is 5.14 Å². The van der Waals surface area contributed by atoms with Gasteiger partial charge >= 0.3 is 0 Å². The molecule has 0 atom stereocenters. The van der Waals surface area contributed by atoms with Crippen LogP contribution in [0.25, 0.3) is 22.3 Å². The summed E-state index contributed by atoms with van der Waals surface area (Å²) in [7, 11) is -3.74. The Hall–Kier alpha value is -3.63. The highest BCUT2D eigenvalue weighted by molar-refractivity contribution is 7.89. The van der Waals surface area contributed by atoms with E-state index in [4.69, 9.17) is 14.9 Å². The maximum absolute atomic E-state index is 13.3. The number of benzene rings is 2. The lowest BCUT2D eigenvalue weighted by Gasteiger charge is -2.26. The number of ether oxygens (including phenoxy) is 1. The van der Waals surface area contributed by atoms with Crippen molar-refractivity contribution in [1.29, 1.82) is 0 Å². The Kier molecular flexibility index (Phi) is 5.84. The first kappa shape index (κ1) is 22.2. The standard InChI is InChI=1S/C24H22FN5O3S/c25-17-8-6-16(7-9-17)20-12-13-21-22(28-20)23(33-18-2-1-3-18)30-24(29-21)27-14-15-4-10-19(11-5-15)34(26,31)32/h4-13,18H,1-3,14H2,(H2,26,31,32)(H,27,29,30). The van der Waals surface area contributed by atoms with Crippen LogP contribution in [0.15, 0.2) is 65.6 Å². The first-order valence-corrected chi connectivity index (χ1v) is 12.4. The van der Waals surface area contributed by atoms with Crippen molar-refractivity contribution in [2.75, 3.05) is 5.32 Å². The SMILES string of the molecule is NS(=O)(=O)c1ccc(CNc2nc(OC3CCC3)c3nc(-c4ccc(F)cc4)ccc3n2)cc1. The highest BCUT2D eigenvalue weighted by atomic mass is 32.2. The van der Waals surface area contributed by atoms with Gasteiger partial charge in [0.15, 0.2) is 5.52 Å². The number of anilines is 1. The average molecular weight is 480 g/mol. The van der Waals surface area contributed by atoms with E-state index in [1.807, 2.05) is 12.1 Å². The molecule has 1 saturated carbocycles. The summed E-state index contributed by atoms with van der Waals surface area (Å²) in [6, 6.07) is 16.1. The maximum Gasteiger partial charge on any atom is 0.245 e. The lowest BCUT2D eigenvalue weighted by atomic mass is 9.96. The molecule has 4 aromatic rings. The van der Waals surface area contributed by atoms with Gasteiger partial charge in [-0.15, -0.1) is 0 Å². The van der Waals surface area contributed by atoms with Gasteiger partial charge in [0, 0.05) is 12.1 Å². The second kappa shape index (κ2) is 8.96. The van der Waals surface area contributed by atoms with Gasteiger partial charge in [0.1, 0.15) is 11.9 Å². The fraction of sp³-hybridized carbons (Fsp3) is 0.208. The number of rotatable bonds is 7. The Bertz CT molecular complexity index is 1440. The van der Waals surface area contributed by atoms with Crippen LogP contribution in [-0.2, 0) is 16.6 Å². The molecular weight excluding hydrogens is 457 g/mol. The molecule has 0 spiro atoms. The molecular formula is C24H22FN5O3S. The number of aromatic nitrogens is 3. The molecule has 2 aromatic heterocycles. The first-order valence-electron chi connectivity index (χ1n) is 10.8. The second-order valence-electron chi connectivity index (χ2n) is 8.14. The van der Waals surface area contributed by atoms with E-state index in [1.54, 1.807) is 24.3 Å². The van der Waals surface area contributed by atoms with E-state index in [-0.39, 0.29) is 16.8 Å². The zero-order valence-electron chi connectivity index (χ0n) is 18.1. The largest absolute Gasteiger partial charge is 0.473 e. The highest BCUT2D eigenvalue weighted by Crippen LogP contribution is 2.31. The third-order valence-corrected chi connectivity index (χ3v) is 6.61. The Labute approximate surface area is 196 Å². The second-order valence-corrected chi connectivity index (χ2v) is 9.70. The Morgan fingerprint density at radius 3 is 2.35 bits per heavy atom. The number of halogens is 1. The number of primary sulfonamides is 1. The fourth-order valence-corrected chi connectivity index (χ4v) is 4.07. The molecule has 0 aliphatic heterocycles. The van der Waals surface area contributed by atoms with Crippen molar-refractivity contribution >= 4 is 27.0 Å². The van der Waals surface area contributed by atoms with Crippen molar-refractivity contribution in [3.63, 3.8) is 0 Å². The van der Waals surface area contributed by atoms with Crippen molar-refractivity contribution in [3.05, 3.63) is 72.0 Å². The smallest absolute Gasteiger partial charge is 0.245 e. The van der Waals surface area contributed by atoms with Crippen LogP contribution in [0.3, 0.4) is 0 Å². The molecule has 34 heavy (non-hydrogen) atoms. The number of hydrogen-bond donors (Lipinski definition) is 2.